The Morgan fingerprint density at radius 1 is 1.16 bits per heavy atom. The van der Waals surface area contributed by atoms with Crippen LogP contribution >= 0.6 is 23.1 Å². The number of pyridine rings is 1. The maximum atomic E-state index is 12.7. The first-order valence-corrected chi connectivity index (χ1v) is 13.1. The maximum absolute atomic E-state index is 12.7. The fourth-order valence-electron chi connectivity index (χ4n) is 3.69. The predicted octanol–water partition coefficient (Wildman–Crippen LogP) is 3.35. The summed E-state index contributed by atoms with van der Waals surface area (Å²) in [5, 5.41) is 20.4. The minimum absolute atomic E-state index is 0.0474. The van der Waals surface area contributed by atoms with Crippen LogP contribution in [0.15, 0.2) is 75.3 Å². The van der Waals surface area contributed by atoms with Crippen LogP contribution in [0.3, 0.4) is 0 Å². The van der Waals surface area contributed by atoms with E-state index in [9.17, 15) is 9.59 Å². The highest BCUT2D eigenvalue weighted by Gasteiger charge is 2.36. The molecule has 38 heavy (non-hydrogen) atoms. The number of benzene rings is 1. The van der Waals surface area contributed by atoms with E-state index in [0.717, 1.165) is 17.0 Å². The fourth-order valence-corrected chi connectivity index (χ4v) is 5.43. The van der Waals surface area contributed by atoms with Gasteiger partial charge in [0.25, 0.3) is 11.5 Å². The van der Waals surface area contributed by atoms with Crippen molar-refractivity contribution in [2.45, 2.75) is 20.0 Å². The van der Waals surface area contributed by atoms with E-state index < -0.39 is 5.91 Å². The molecular weight excluding hydrogens is 524 g/mol. The number of aromatic nitrogens is 4. The maximum Gasteiger partial charge on any atom is 0.283 e. The summed E-state index contributed by atoms with van der Waals surface area (Å²) in [5.41, 5.74) is 1.88. The number of ether oxygens (including phenoxy) is 1. The third-order valence-corrected chi connectivity index (χ3v) is 7.59. The van der Waals surface area contributed by atoms with Crippen LogP contribution in [0.2, 0.25) is 0 Å². The fraction of sp³-hybridized carbons (Fsp3) is 0.120. The minimum Gasteiger partial charge on any atom is -0.487 e. The van der Waals surface area contributed by atoms with Crippen molar-refractivity contribution < 1.29 is 9.53 Å². The molecule has 3 aromatic heterocycles. The topological polar surface area (TPSA) is 138 Å². The molecule has 1 N–H and O–H groups in total. The molecule has 2 aliphatic rings. The molecule has 11 nitrogen and oxygen atoms in total. The van der Waals surface area contributed by atoms with Gasteiger partial charge in [-0.3, -0.25) is 20.0 Å². The van der Waals surface area contributed by atoms with Crippen LogP contribution in [-0.4, -0.2) is 46.5 Å². The summed E-state index contributed by atoms with van der Waals surface area (Å²) >= 11 is 2.60. The number of amidine groups is 2. The number of carbonyl (C=O) groups is 1. The largest absolute Gasteiger partial charge is 0.487 e. The zero-order valence-electron chi connectivity index (χ0n) is 19.9. The second-order valence-electron chi connectivity index (χ2n) is 8.15. The second kappa shape index (κ2) is 9.76. The van der Waals surface area contributed by atoms with E-state index in [0.29, 0.717) is 32.2 Å². The van der Waals surface area contributed by atoms with Crippen molar-refractivity contribution in [1.82, 2.24) is 24.6 Å². The molecule has 0 saturated carbocycles. The Kier molecular flexibility index (Phi) is 6.13. The number of carbonyl (C=O) groups excluding carboxylic acids is 1. The van der Waals surface area contributed by atoms with E-state index >= 15 is 0 Å². The number of nitrogens with zero attached hydrogens (tertiary/aromatic N) is 7. The molecule has 0 unspecified atom stereocenters. The molecule has 1 amide bonds. The molecule has 0 spiro atoms. The van der Waals surface area contributed by atoms with Gasteiger partial charge in [-0.2, -0.15) is 24.7 Å². The number of hydrogen-bond acceptors (Lipinski definition) is 10. The SMILES string of the molecule is CCc1nn2c(=O)cc(COc3ccc(/C=C4/C(=N)N5N=C(c6cccnc6)SC5=NC4=O)cc3)nc2s1. The molecular formula is C25H18N8O3S2. The standard InChI is InChI=1S/C25H18N8O3S2/c1-2-19-30-32-20(34)11-16(28-24(32)37-19)13-36-17-7-5-14(6-8-17)10-18-21(26)33-25(29-22(18)35)38-23(31-33)15-4-3-9-27-12-15/h3-12,26H,2,13H2,1H3/b18-10-,26-21?. The van der Waals surface area contributed by atoms with E-state index in [4.69, 9.17) is 10.1 Å². The minimum atomic E-state index is -0.501. The lowest BCUT2D eigenvalue weighted by molar-refractivity contribution is -0.114. The molecule has 5 heterocycles. The highest BCUT2D eigenvalue weighted by Crippen LogP contribution is 2.30. The first-order valence-electron chi connectivity index (χ1n) is 11.5. The lowest BCUT2D eigenvalue weighted by Crippen LogP contribution is -2.35. The average Bonchev–Trinajstić information content (AvgIpc) is 3.56. The Bertz CT molecular complexity index is 1740. The van der Waals surface area contributed by atoms with Gasteiger partial charge in [0.15, 0.2) is 5.84 Å². The van der Waals surface area contributed by atoms with Crippen LogP contribution in [0.4, 0.5) is 0 Å². The number of hydrazone groups is 1. The summed E-state index contributed by atoms with van der Waals surface area (Å²) in [6.07, 6.45) is 5.67. The number of hydrogen-bond donors (Lipinski definition) is 1. The molecule has 13 heteroatoms. The van der Waals surface area contributed by atoms with Gasteiger partial charge in [-0.15, -0.1) is 0 Å². The Morgan fingerprint density at radius 3 is 2.76 bits per heavy atom. The zero-order chi connectivity index (χ0) is 26.2. The molecule has 188 valence electrons. The molecule has 1 aromatic carbocycles. The van der Waals surface area contributed by atoms with Crippen molar-refractivity contribution in [2.24, 2.45) is 10.1 Å². The highest BCUT2D eigenvalue weighted by molar-refractivity contribution is 8.27. The van der Waals surface area contributed by atoms with Gasteiger partial charge in [-0.1, -0.05) is 30.4 Å². The summed E-state index contributed by atoms with van der Waals surface area (Å²) in [7, 11) is 0. The molecule has 0 radical (unpaired) electrons. The number of nitrogens with one attached hydrogen (secondary N) is 1. The van der Waals surface area contributed by atoms with Crippen LogP contribution in [0.5, 0.6) is 5.75 Å². The highest BCUT2D eigenvalue weighted by atomic mass is 32.2. The van der Waals surface area contributed by atoms with Crippen molar-refractivity contribution >= 4 is 56.1 Å². The first kappa shape index (κ1) is 23.9. The van der Waals surface area contributed by atoms with Crippen molar-refractivity contribution in [2.75, 3.05) is 0 Å². The Balaban J connectivity index is 1.17. The average molecular weight is 543 g/mol. The molecule has 0 atom stereocenters. The van der Waals surface area contributed by atoms with E-state index in [1.165, 1.54) is 38.7 Å². The second-order valence-corrected chi connectivity index (χ2v) is 10.2. The van der Waals surface area contributed by atoms with Gasteiger partial charge in [-0.05, 0) is 54.1 Å². The molecule has 6 rings (SSSR count). The van der Waals surface area contributed by atoms with Gasteiger partial charge in [0.05, 0.1) is 11.3 Å². The normalized spacial score (nSPS) is 16.1. The summed E-state index contributed by atoms with van der Waals surface area (Å²) in [6, 6.07) is 12.1. The lowest BCUT2D eigenvalue weighted by Gasteiger charge is -2.20. The van der Waals surface area contributed by atoms with Crippen LogP contribution < -0.4 is 10.3 Å². The van der Waals surface area contributed by atoms with E-state index in [2.05, 4.69) is 25.2 Å². The van der Waals surface area contributed by atoms with Crippen molar-refractivity contribution in [1.29, 1.82) is 5.41 Å². The summed E-state index contributed by atoms with van der Waals surface area (Å²) in [5.74, 6) is 0.0206. The molecule has 4 aromatic rings. The Labute approximate surface area is 223 Å². The predicted molar refractivity (Wildman–Crippen MR) is 146 cm³/mol. The van der Waals surface area contributed by atoms with Gasteiger partial charge in [-0.25, -0.2) is 4.98 Å². The molecule has 0 saturated heterocycles. The van der Waals surface area contributed by atoms with E-state index in [1.54, 1.807) is 48.8 Å². The van der Waals surface area contributed by atoms with E-state index in [1.807, 2.05) is 13.0 Å². The van der Waals surface area contributed by atoms with Crippen LogP contribution in [0.1, 0.15) is 28.8 Å². The number of rotatable bonds is 6. The van der Waals surface area contributed by atoms with Crippen LogP contribution in [0, 0.1) is 5.41 Å². The van der Waals surface area contributed by atoms with Gasteiger partial charge in [0, 0.05) is 24.0 Å². The monoisotopic (exact) mass is 542 g/mol. The first-order chi connectivity index (χ1) is 18.5. The number of amides is 1. The third kappa shape index (κ3) is 4.53. The zero-order valence-corrected chi connectivity index (χ0v) is 21.5. The van der Waals surface area contributed by atoms with Crippen molar-refractivity contribution in [3.05, 3.63) is 92.6 Å². The third-order valence-electron chi connectivity index (χ3n) is 5.58. The van der Waals surface area contributed by atoms with Gasteiger partial charge in [0.1, 0.15) is 22.4 Å². The van der Waals surface area contributed by atoms with E-state index in [-0.39, 0.29) is 23.6 Å². The molecule has 2 aliphatic heterocycles. The van der Waals surface area contributed by atoms with Gasteiger partial charge >= 0.3 is 0 Å². The van der Waals surface area contributed by atoms with Crippen molar-refractivity contribution in [3.8, 4) is 5.75 Å². The Morgan fingerprint density at radius 2 is 2.00 bits per heavy atom. The van der Waals surface area contributed by atoms with Gasteiger partial charge in [0.2, 0.25) is 10.1 Å². The smallest absolute Gasteiger partial charge is 0.283 e. The van der Waals surface area contributed by atoms with Gasteiger partial charge < -0.3 is 4.74 Å². The molecule has 0 fully saturated rings. The summed E-state index contributed by atoms with van der Waals surface area (Å²) in [6.45, 7) is 2.10. The number of thioether (sulfide) groups is 1. The molecule has 0 aliphatic carbocycles. The number of fused-ring (bicyclic) bond motifs is 2. The lowest BCUT2D eigenvalue weighted by atomic mass is 10.1. The van der Waals surface area contributed by atoms with Crippen LogP contribution in [-0.2, 0) is 17.8 Å². The molecule has 0 bridgehead atoms. The quantitative estimate of drug-likeness (QED) is 0.366. The van der Waals surface area contributed by atoms with Crippen LogP contribution in [0.25, 0.3) is 11.0 Å². The number of aliphatic imine (C=N–C) groups is 1. The van der Waals surface area contributed by atoms with Crippen molar-refractivity contribution in [3.63, 3.8) is 0 Å². The summed E-state index contributed by atoms with van der Waals surface area (Å²) < 4.78 is 7.12. The number of aryl methyl sites for hydroxylation is 1. The Hall–Kier alpha value is -4.49. The summed E-state index contributed by atoms with van der Waals surface area (Å²) in [4.78, 5) is 38.2.